The lowest BCUT2D eigenvalue weighted by Crippen LogP contribution is -2.21. The molecule has 4 heteroatoms. The summed E-state index contributed by atoms with van der Waals surface area (Å²) in [6, 6.07) is 3.00. The highest BCUT2D eigenvalue weighted by Gasteiger charge is 2.23. The minimum Gasteiger partial charge on any atom is -0.490 e. The Morgan fingerprint density at radius 3 is 3.07 bits per heavy atom. The van der Waals surface area contributed by atoms with E-state index in [0.717, 1.165) is 12.0 Å². The Balaban J connectivity index is 2.51. The third kappa shape index (κ3) is 1.57. The number of halogens is 2. The summed E-state index contributed by atoms with van der Waals surface area (Å²) in [5, 5.41) is 0.394. The van der Waals surface area contributed by atoms with Gasteiger partial charge in [0.05, 0.1) is 6.61 Å². The first-order valence-corrected chi connectivity index (χ1v) is 4.92. The molecule has 0 fully saturated rings. The predicted molar refractivity (Wildman–Crippen MR) is 53.3 cm³/mol. The maximum absolute atomic E-state index is 13.4. The quantitative estimate of drug-likeness (QED) is 0.780. The van der Waals surface area contributed by atoms with E-state index < -0.39 is 5.82 Å². The van der Waals surface area contributed by atoms with E-state index >= 15 is 0 Å². The fourth-order valence-electron chi connectivity index (χ4n) is 1.74. The molecule has 1 aliphatic heterocycles. The first-order chi connectivity index (χ1) is 6.72. The van der Waals surface area contributed by atoms with E-state index in [1.165, 1.54) is 6.07 Å². The van der Waals surface area contributed by atoms with Gasteiger partial charge in [-0.05, 0) is 25.1 Å². The highest BCUT2D eigenvalue weighted by Crippen LogP contribution is 2.37. The van der Waals surface area contributed by atoms with E-state index in [9.17, 15) is 4.39 Å². The van der Waals surface area contributed by atoms with Crippen molar-refractivity contribution in [3.05, 3.63) is 28.5 Å². The molecule has 0 spiro atoms. The van der Waals surface area contributed by atoms with Crippen LogP contribution in [0.2, 0.25) is 5.02 Å². The first-order valence-electron chi connectivity index (χ1n) is 4.54. The lowest BCUT2D eigenvalue weighted by molar-refractivity contribution is 0.255. The van der Waals surface area contributed by atoms with Crippen LogP contribution in [0.15, 0.2) is 12.1 Å². The Hall–Kier alpha value is -0.800. The number of benzene rings is 1. The van der Waals surface area contributed by atoms with Crippen LogP contribution in [0.1, 0.15) is 17.9 Å². The molecule has 0 saturated carbocycles. The van der Waals surface area contributed by atoms with Crippen molar-refractivity contribution in [1.29, 1.82) is 0 Å². The number of rotatable bonds is 1. The van der Waals surface area contributed by atoms with Gasteiger partial charge in [-0.3, -0.25) is 0 Å². The SMILES string of the molecule is NCC1CCOc2c(F)cc(Cl)cc21. The molecule has 76 valence electrons. The maximum Gasteiger partial charge on any atom is 0.166 e. The second-order valence-electron chi connectivity index (χ2n) is 3.38. The van der Waals surface area contributed by atoms with Gasteiger partial charge in [-0.25, -0.2) is 4.39 Å². The van der Waals surface area contributed by atoms with Gasteiger partial charge >= 0.3 is 0 Å². The summed E-state index contributed by atoms with van der Waals surface area (Å²) in [5.41, 5.74) is 6.39. The summed E-state index contributed by atoms with van der Waals surface area (Å²) in [7, 11) is 0. The monoisotopic (exact) mass is 215 g/mol. The van der Waals surface area contributed by atoms with Crippen LogP contribution in [0, 0.1) is 5.82 Å². The molecule has 1 aromatic rings. The zero-order chi connectivity index (χ0) is 10.1. The summed E-state index contributed by atoms with van der Waals surface area (Å²) in [4.78, 5) is 0. The van der Waals surface area contributed by atoms with Crippen molar-refractivity contribution in [3.8, 4) is 5.75 Å². The molecule has 1 unspecified atom stereocenters. The molecule has 0 saturated heterocycles. The van der Waals surface area contributed by atoms with Crippen molar-refractivity contribution in [3.63, 3.8) is 0 Å². The van der Waals surface area contributed by atoms with Crippen LogP contribution in [0.3, 0.4) is 0 Å². The first kappa shape index (κ1) is 9.74. The van der Waals surface area contributed by atoms with Crippen molar-refractivity contribution in [2.45, 2.75) is 12.3 Å². The van der Waals surface area contributed by atoms with Gasteiger partial charge in [-0.2, -0.15) is 0 Å². The predicted octanol–water partition coefficient (Wildman–Crippen LogP) is 2.30. The van der Waals surface area contributed by atoms with Crippen molar-refractivity contribution in [2.24, 2.45) is 5.73 Å². The van der Waals surface area contributed by atoms with Gasteiger partial charge in [0, 0.05) is 16.5 Å². The Kier molecular flexibility index (Phi) is 2.61. The Morgan fingerprint density at radius 2 is 2.36 bits per heavy atom. The maximum atomic E-state index is 13.4. The van der Waals surface area contributed by atoms with Gasteiger partial charge in [0.2, 0.25) is 0 Å². The summed E-state index contributed by atoms with van der Waals surface area (Å²) >= 11 is 5.77. The van der Waals surface area contributed by atoms with E-state index in [2.05, 4.69) is 0 Å². The molecule has 1 atom stereocenters. The highest BCUT2D eigenvalue weighted by atomic mass is 35.5. The lowest BCUT2D eigenvalue weighted by atomic mass is 9.93. The van der Waals surface area contributed by atoms with Gasteiger partial charge in [-0.1, -0.05) is 11.6 Å². The van der Waals surface area contributed by atoms with Gasteiger partial charge in [0.15, 0.2) is 11.6 Å². The third-order valence-electron chi connectivity index (χ3n) is 2.47. The topological polar surface area (TPSA) is 35.2 Å². The fraction of sp³-hybridized carbons (Fsp3) is 0.400. The van der Waals surface area contributed by atoms with E-state index in [0.29, 0.717) is 23.9 Å². The molecule has 0 radical (unpaired) electrons. The Labute approximate surface area is 86.8 Å². The third-order valence-corrected chi connectivity index (χ3v) is 2.69. The largest absolute Gasteiger partial charge is 0.490 e. The molecule has 0 amide bonds. The van der Waals surface area contributed by atoms with Crippen LogP contribution in [0.4, 0.5) is 4.39 Å². The lowest BCUT2D eigenvalue weighted by Gasteiger charge is -2.25. The van der Waals surface area contributed by atoms with Crippen molar-refractivity contribution < 1.29 is 9.13 Å². The minimum absolute atomic E-state index is 0.159. The van der Waals surface area contributed by atoms with Crippen molar-refractivity contribution in [1.82, 2.24) is 0 Å². The van der Waals surface area contributed by atoms with E-state index in [-0.39, 0.29) is 5.92 Å². The van der Waals surface area contributed by atoms with Gasteiger partial charge < -0.3 is 10.5 Å². The second-order valence-corrected chi connectivity index (χ2v) is 3.81. The zero-order valence-corrected chi connectivity index (χ0v) is 8.35. The summed E-state index contributed by atoms with van der Waals surface area (Å²) in [5.74, 6) is 0.0775. The molecule has 0 bridgehead atoms. The van der Waals surface area contributed by atoms with Crippen LogP contribution in [-0.4, -0.2) is 13.2 Å². The average Bonchev–Trinajstić information content (AvgIpc) is 2.17. The van der Waals surface area contributed by atoms with E-state index in [1.807, 2.05) is 0 Å². The summed E-state index contributed by atoms with van der Waals surface area (Å²) in [6.07, 6.45) is 0.823. The number of ether oxygens (including phenoxy) is 1. The van der Waals surface area contributed by atoms with Crippen molar-refractivity contribution >= 4 is 11.6 Å². The molecule has 2 N–H and O–H groups in total. The van der Waals surface area contributed by atoms with Crippen molar-refractivity contribution in [2.75, 3.05) is 13.2 Å². The zero-order valence-electron chi connectivity index (χ0n) is 7.59. The molecule has 14 heavy (non-hydrogen) atoms. The smallest absolute Gasteiger partial charge is 0.166 e. The van der Waals surface area contributed by atoms with E-state index in [4.69, 9.17) is 22.1 Å². The molecule has 2 rings (SSSR count). The van der Waals surface area contributed by atoms with Gasteiger partial charge in [-0.15, -0.1) is 0 Å². The van der Waals surface area contributed by atoms with Crippen LogP contribution < -0.4 is 10.5 Å². The molecule has 0 aliphatic carbocycles. The average molecular weight is 216 g/mol. The molecular formula is C10H11ClFNO. The molecule has 1 aliphatic rings. The Morgan fingerprint density at radius 1 is 1.57 bits per heavy atom. The number of hydrogen-bond donors (Lipinski definition) is 1. The molecule has 0 aromatic heterocycles. The number of nitrogens with two attached hydrogens (primary N) is 1. The molecule has 2 nitrogen and oxygen atoms in total. The van der Waals surface area contributed by atoms with Crippen LogP contribution >= 0.6 is 11.6 Å². The fourth-order valence-corrected chi connectivity index (χ4v) is 1.95. The summed E-state index contributed by atoms with van der Waals surface area (Å²) < 4.78 is 18.6. The highest BCUT2D eigenvalue weighted by molar-refractivity contribution is 6.30. The normalized spacial score (nSPS) is 20.1. The van der Waals surface area contributed by atoms with Crippen LogP contribution in [0.5, 0.6) is 5.75 Å². The van der Waals surface area contributed by atoms with Gasteiger partial charge in [0.25, 0.3) is 0 Å². The number of hydrogen-bond acceptors (Lipinski definition) is 2. The van der Waals surface area contributed by atoms with Gasteiger partial charge in [0.1, 0.15) is 0 Å². The number of fused-ring (bicyclic) bond motifs is 1. The second kappa shape index (κ2) is 3.75. The van der Waals surface area contributed by atoms with E-state index in [1.54, 1.807) is 6.07 Å². The Bertz CT molecular complexity index is 356. The van der Waals surface area contributed by atoms with Crippen LogP contribution in [-0.2, 0) is 0 Å². The van der Waals surface area contributed by atoms with Crippen LogP contribution in [0.25, 0.3) is 0 Å². The molecule has 1 aromatic carbocycles. The molecule has 1 heterocycles. The standard InChI is InChI=1S/C10H11ClFNO/c11-7-3-8-6(5-13)1-2-14-10(8)9(12)4-7/h3-4,6H,1-2,5,13H2. The molecular weight excluding hydrogens is 205 g/mol. The minimum atomic E-state index is -0.398. The summed E-state index contributed by atoms with van der Waals surface area (Å²) in [6.45, 7) is 1.02.